The first-order valence-electron chi connectivity index (χ1n) is 8.11. The van der Waals surface area contributed by atoms with Crippen molar-refractivity contribution in [2.45, 2.75) is 52.5 Å². The zero-order valence-electron chi connectivity index (χ0n) is 13.4. The Morgan fingerprint density at radius 2 is 1.75 bits per heavy atom. The molecule has 0 saturated carbocycles. The number of carbonyl (C=O) groups excluding carboxylic acids is 1. The van der Waals surface area contributed by atoms with Crippen LogP contribution in [0.2, 0.25) is 0 Å². The van der Waals surface area contributed by atoms with Gasteiger partial charge in [0.25, 0.3) is 0 Å². The third-order valence-corrected chi connectivity index (χ3v) is 4.97. The Balaban J connectivity index is 1.77. The van der Waals surface area contributed by atoms with Crippen LogP contribution in [0.1, 0.15) is 46.5 Å². The molecule has 20 heavy (non-hydrogen) atoms. The van der Waals surface area contributed by atoms with Crippen LogP contribution in [-0.4, -0.2) is 61.1 Å². The summed E-state index contributed by atoms with van der Waals surface area (Å²) in [5.74, 6) is 0.345. The van der Waals surface area contributed by atoms with Crippen LogP contribution in [0.15, 0.2) is 0 Å². The summed E-state index contributed by atoms with van der Waals surface area (Å²) < 4.78 is 5.41. The Hall–Kier alpha value is -0.610. The molecule has 0 N–H and O–H groups in total. The van der Waals surface area contributed by atoms with Crippen molar-refractivity contribution in [1.29, 1.82) is 0 Å². The standard InChI is InChI=1S/C16H30N2O2/c1-4-16(2,3)13-15(19)18-7-5-14(6-8-18)17-9-11-20-12-10-17/h14H,4-13H2,1-3H3. The van der Waals surface area contributed by atoms with Crippen molar-refractivity contribution in [1.82, 2.24) is 9.80 Å². The highest BCUT2D eigenvalue weighted by Crippen LogP contribution is 2.26. The van der Waals surface area contributed by atoms with Crippen LogP contribution in [0.3, 0.4) is 0 Å². The molecule has 116 valence electrons. The lowest BCUT2D eigenvalue weighted by Gasteiger charge is -2.40. The van der Waals surface area contributed by atoms with Crippen molar-refractivity contribution in [2.75, 3.05) is 39.4 Å². The summed E-state index contributed by atoms with van der Waals surface area (Å²) in [6.45, 7) is 12.2. The van der Waals surface area contributed by atoms with Gasteiger partial charge < -0.3 is 9.64 Å². The smallest absolute Gasteiger partial charge is 0.223 e. The van der Waals surface area contributed by atoms with Crippen molar-refractivity contribution < 1.29 is 9.53 Å². The number of nitrogens with zero attached hydrogens (tertiary/aromatic N) is 2. The molecule has 0 aromatic heterocycles. The summed E-state index contributed by atoms with van der Waals surface area (Å²) in [7, 11) is 0. The maximum Gasteiger partial charge on any atom is 0.223 e. The van der Waals surface area contributed by atoms with Crippen LogP contribution < -0.4 is 0 Å². The monoisotopic (exact) mass is 282 g/mol. The number of piperidine rings is 1. The molecule has 0 aromatic carbocycles. The molecule has 0 spiro atoms. The van der Waals surface area contributed by atoms with E-state index in [0.717, 1.165) is 58.7 Å². The maximum absolute atomic E-state index is 12.3. The van der Waals surface area contributed by atoms with Gasteiger partial charge in [0.15, 0.2) is 0 Å². The topological polar surface area (TPSA) is 32.8 Å². The number of amides is 1. The summed E-state index contributed by atoms with van der Waals surface area (Å²) in [5, 5.41) is 0. The fourth-order valence-electron chi connectivity index (χ4n) is 3.07. The van der Waals surface area contributed by atoms with Crippen LogP contribution in [0.4, 0.5) is 0 Å². The van der Waals surface area contributed by atoms with E-state index < -0.39 is 0 Å². The molecule has 2 heterocycles. The summed E-state index contributed by atoms with van der Waals surface area (Å²) >= 11 is 0. The zero-order chi connectivity index (χ0) is 14.6. The Morgan fingerprint density at radius 1 is 1.15 bits per heavy atom. The van der Waals surface area contributed by atoms with Gasteiger partial charge in [0.05, 0.1) is 13.2 Å². The molecular weight excluding hydrogens is 252 g/mol. The van der Waals surface area contributed by atoms with Crippen LogP contribution in [-0.2, 0) is 9.53 Å². The van der Waals surface area contributed by atoms with E-state index in [-0.39, 0.29) is 5.41 Å². The van der Waals surface area contributed by atoms with E-state index in [2.05, 4.69) is 30.6 Å². The average Bonchev–Trinajstić information content (AvgIpc) is 2.48. The van der Waals surface area contributed by atoms with Gasteiger partial charge in [-0.3, -0.25) is 9.69 Å². The fourth-order valence-corrected chi connectivity index (χ4v) is 3.07. The summed E-state index contributed by atoms with van der Waals surface area (Å²) in [6.07, 6.45) is 3.99. The Labute approximate surface area is 123 Å². The number of carbonyl (C=O) groups is 1. The Bertz CT molecular complexity index is 316. The zero-order valence-corrected chi connectivity index (χ0v) is 13.4. The lowest BCUT2D eigenvalue weighted by atomic mass is 9.85. The molecular formula is C16H30N2O2. The minimum Gasteiger partial charge on any atom is -0.379 e. The van der Waals surface area contributed by atoms with Gasteiger partial charge in [0.2, 0.25) is 5.91 Å². The lowest BCUT2D eigenvalue weighted by molar-refractivity contribution is -0.135. The largest absolute Gasteiger partial charge is 0.379 e. The quantitative estimate of drug-likeness (QED) is 0.792. The molecule has 2 aliphatic heterocycles. The second kappa shape index (κ2) is 6.90. The number of rotatable bonds is 4. The molecule has 2 rings (SSSR count). The van der Waals surface area contributed by atoms with E-state index in [1.165, 1.54) is 0 Å². The van der Waals surface area contributed by atoms with E-state index in [4.69, 9.17) is 4.74 Å². The van der Waals surface area contributed by atoms with Crippen molar-refractivity contribution in [3.63, 3.8) is 0 Å². The van der Waals surface area contributed by atoms with E-state index >= 15 is 0 Å². The highest BCUT2D eigenvalue weighted by molar-refractivity contribution is 5.76. The van der Waals surface area contributed by atoms with Crippen molar-refractivity contribution >= 4 is 5.91 Å². The molecule has 2 fully saturated rings. The summed E-state index contributed by atoms with van der Waals surface area (Å²) in [4.78, 5) is 17.0. The Morgan fingerprint density at radius 3 is 2.30 bits per heavy atom. The predicted octanol–water partition coefficient (Wildman–Crippen LogP) is 2.14. The van der Waals surface area contributed by atoms with E-state index in [0.29, 0.717) is 18.4 Å². The summed E-state index contributed by atoms with van der Waals surface area (Å²) in [5.41, 5.74) is 0.137. The highest BCUT2D eigenvalue weighted by Gasteiger charge is 2.29. The molecule has 1 amide bonds. The fraction of sp³-hybridized carbons (Fsp3) is 0.938. The van der Waals surface area contributed by atoms with Gasteiger partial charge in [-0.25, -0.2) is 0 Å². The molecule has 0 atom stereocenters. The second-order valence-corrected chi connectivity index (χ2v) is 6.95. The van der Waals surface area contributed by atoms with Crippen molar-refractivity contribution in [3.8, 4) is 0 Å². The molecule has 0 aliphatic carbocycles. The molecule has 0 radical (unpaired) electrons. The SMILES string of the molecule is CCC(C)(C)CC(=O)N1CCC(N2CCOCC2)CC1. The molecule has 4 nitrogen and oxygen atoms in total. The van der Waals surface area contributed by atoms with Crippen molar-refractivity contribution in [2.24, 2.45) is 5.41 Å². The molecule has 0 aromatic rings. The predicted molar refractivity (Wildman–Crippen MR) is 80.7 cm³/mol. The summed E-state index contributed by atoms with van der Waals surface area (Å²) in [6, 6.07) is 0.655. The van der Waals surface area contributed by atoms with Crippen LogP contribution in [0.5, 0.6) is 0 Å². The third kappa shape index (κ3) is 4.19. The maximum atomic E-state index is 12.3. The molecule has 4 heteroatoms. The van der Waals surface area contributed by atoms with Gasteiger partial charge in [0.1, 0.15) is 0 Å². The number of hydrogen-bond donors (Lipinski definition) is 0. The Kier molecular flexibility index (Phi) is 5.44. The van der Waals surface area contributed by atoms with Gasteiger partial charge in [0, 0.05) is 38.6 Å². The lowest BCUT2D eigenvalue weighted by Crippen LogP contribution is -2.50. The highest BCUT2D eigenvalue weighted by atomic mass is 16.5. The van der Waals surface area contributed by atoms with Gasteiger partial charge >= 0.3 is 0 Å². The number of hydrogen-bond acceptors (Lipinski definition) is 3. The van der Waals surface area contributed by atoms with Crippen LogP contribution in [0, 0.1) is 5.41 Å². The molecule has 2 saturated heterocycles. The van der Waals surface area contributed by atoms with Crippen LogP contribution >= 0.6 is 0 Å². The molecule has 0 unspecified atom stereocenters. The number of likely N-dealkylation sites (tertiary alicyclic amines) is 1. The average molecular weight is 282 g/mol. The van der Waals surface area contributed by atoms with Crippen LogP contribution in [0.25, 0.3) is 0 Å². The van der Waals surface area contributed by atoms with E-state index in [1.807, 2.05) is 0 Å². The van der Waals surface area contributed by atoms with Crippen molar-refractivity contribution in [3.05, 3.63) is 0 Å². The van der Waals surface area contributed by atoms with E-state index in [1.54, 1.807) is 0 Å². The van der Waals surface area contributed by atoms with Gasteiger partial charge in [-0.2, -0.15) is 0 Å². The van der Waals surface area contributed by atoms with Gasteiger partial charge in [-0.15, -0.1) is 0 Å². The first kappa shape index (κ1) is 15.8. The van der Waals surface area contributed by atoms with E-state index in [9.17, 15) is 4.79 Å². The minimum absolute atomic E-state index is 0.137. The minimum atomic E-state index is 0.137. The second-order valence-electron chi connectivity index (χ2n) is 6.95. The third-order valence-electron chi connectivity index (χ3n) is 4.97. The first-order valence-corrected chi connectivity index (χ1v) is 8.11. The normalized spacial score (nSPS) is 23.1. The first-order chi connectivity index (χ1) is 9.52. The van der Waals surface area contributed by atoms with Gasteiger partial charge in [-0.1, -0.05) is 27.2 Å². The molecule has 2 aliphatic rings. The number of ether oxygens (including phenoxy) is 1. The van der Waals surface area contributed by atoms with Gasteiger partial charge in [-0.05, 0) is 18.3 Å². The molecule has 0 bridgehead atoms. The number of morpholine rings is 1.